The van der Waals surface area contributed by atoms with Crippen LogP contribution >= 0.6 is 0 Å². The molecule has 8 aromatic rings. The van der Waals surface area contributed by atoms with Crippen molar-refractivity contribution in [2.24, 2.45) is 0 Å². The van der Waals surface area contributed by atoms with Gasteiger partial charge in [-0.05, 0) is 109 Å². The molecule has 0 bridgehead atoms. The van der Waals surface area contributed by atoms with Gasteiger partial charge in [0.25, 0.3) is 0 Å². The van der Waals surface area contributed by atoms with Crippen LogP contribution in [0.2, 0.25) is 0 Å². The predicted molar refractivity (Wildman–Crippen MR) is 242 cm³/mol. The van der Waals surface area contributed by atoms with Crippen LogP contribution in [0.1, 0.15) is 47.2 Å². The Morgan fingerprint density at radius 1 is 0.345 bits per heavy atom. The lowest BCUT2D eigenvalue weighted by molar-refractivity contribution is 0.418. The summed E-state index contributed by atoms with van der Waals surface area (Å²) in [5, 5.41) is 0. The lowest BCUT2D eigenvalue weighted by Gasteiger charge is -2.38. The van der Waals surface area contributed by atoms with Crippen LogP contribution in [0.15, 0.2) is 158 Å². The van der Waals surface area contributed by atoms with Gasteiger partial charge in [0.2, 0.25) is 0 Å². The summed E-state index contributed by atoms with van der Waals surface area (Å²) in [5.74, 6) is 1.80. The highest BCUT2D eigenvalue weighted by atomic mass is 16.5. The third kappa shape index (κ3) is 4.86. The molecule has 0 saturated carbocycles. The molecular weight excluding hydrogens is 705 g/mol. The van der Waals surface area contributed by atoms with E-state index in [0.717, 1.165) is 34.0 Å². The number of hydrogen-bond donors (Lipinski definition) is 0. The van der Waals surface area contributed by atoms with Crippen LogP contribution in [-0.4, -0.2) is 0 Å². The summed E-state index contributed by atoms with van der Waals surface area (Å²) in [6.45, 7) is 13.7. The fourth-order valence-electron chi connectivity index (χ4n) is 10.1. The lowest BCUT2D eigenvalue weighted by Crippen LogP contribution is -2.26. The second kappa shape index (κ2) is 12.6. The first-order valence-corrected chi connectivity index (χ1v) is 20.4. The Balaban J connectivity index is 1.10. The van der Waals surface area contributed by atoms with E-state index in [2.05, 4.69) is 209 Å². The minimum Gasteiger partial charge on any atom is -0.457 e. The fourth-order valence-corrected chi connectivity index (χ4v) is 10.1. The lowest BCUT2D eigenvalue weighted by atomic mass is 9.75. The van der Waals surface area contributed by atoms with Gasteiger partial charge in [-0.25, -0.2) is 0 Å². The van der Waals surface area contributed by atoms with Crippen molar-refractivity contribution in [1.29, 1.82) is 0 Å². The molecule has 0 amide bonds. The summed E-state index contributed by atoms with van der Waals surface area (Å²) in [4.78, 5) is 5.01. The van der Waals surface area contributed by atoms with Crippen molar-refractivity contribution in [2.75, 3.05) is 9.80 Å². The van der Waals surface area contributed by atoms with Crippen molar-refractivity contribution < 1.29 is 4.74 Å². The van der Waals surface area contributed by atoms with E-state index in [9.17, 15) is 0 Å². The van der Waals surface area contributed by atoms with E-state index in [4.69, 9.17) is 4.74 Å². The van der Waals surface area contributed by atoms with Crippen LogP contribution in [0.5, 0.6) is 11.5 Å². The Hall–Kier alpha value is -6.84. The molecule has 11 rings (SSSR count). The first-order chi connectivity index (χ1) is 28.2. The molecule has 0 unspecified atom stereocenters. The second-order valence-corrected chi connectivity index (χ2v) is 16.7. The number of hydrogen-bond acceptors (Lipinski definition) is 3. The summed E-state index contributed by atoms with van der Waals surface area (Å²) in [7, 11) is 0. The smallest absolute Gasteiger partial charge is 0.131 e. The van der Waals surface area contributed by atoms with Crippen LogP contribution in [0.25, 0.3) is 44.5 Å². The third-order valence-electron chi connectivity index (χ3n) is 12.9. The van der Waals surface area contributed by atoms with Crippen molar-refractivity contribution in [3.63, 3.8) is 0 Å². The minimum absolute atomic E-state index is 0.384. The van der Waals surface area contributed by atoms with Crippen LogP contribution in [0, 0.1) is 27.7 Å². The highest BCUT2D eigenvalue weighted by Gasteiger charge is 2.38. The zero-order valence-corrected chi connectivity index (χ0v) is 33.8. The van der Waals surface area contributed by atoms with Crippen molar-refractivity contribution in [2.45, 2.75) is 47.0 Å². The number of rotatable bonds is 2. The average molecular weight is 749 g/mol. The Labute approximate surface area is 341 Å². The summed E-state index contributed by atoms with van der Waals surface area (Å²) in [6, 6.07) is 58.1. The van der Waals surface area contributed by atoms with Crippen molar-refractivity contribution >= 4 is 34.1 Å². The molecule has 0 radical (unpaired) electrons. The Bertz CT molecular complexity index is 2680. The maximum atomic E-state index is 6.88. The molecule has 0 saturated heterocycles. The molecular formula is C55H44N2O. The standard InChI is InChI=1S/C55H44N2O/c1-33-15-11-23-43-39-19-7-8-20-40(39)44-24-12-16-34(2)52(44)56(51(33)43)37-27-29-49-47(31-37)55(5,6)48-32-38(28-30-50(48)58-49)57-53-35(3)17-13-25-45(53)41-21-9-10-22-42(41)46-26-14-18-36(4)54(46)57/h7-32H,1-6H3. The van der Waals surface area contributed by atoms with Gasteiger partial charge in [-0.3, -0.25) is 0 Å². The van der Waals surface area contributed by atoms with Gasteiger partial charge in [0.05, 0.1) is 22.7 Å². The topological polar surface area (TPSA) is 15.7 Å². The summed E-state index contributed by atoms with van der Waals surface area (Å²) in [5.41, 5.74) is 23.9. The zero-order valence-electron chi connectivity index (χ0n) is 33.8. The molecule has 58 heavy (non-hydrogen) atoms. The van der Waals surface area contributed by atoms with Crippen LogP contribution < -0.4 is 14.5 Å². The predicted octanol–water partition coefficient (Wildman–Crippen LogP) is 15.6. The summed E-state index contributed by atoms with van der Waals surface area (Å²) < 4.78 is 6.88. The van der Waals surface area contributed by atoms with Crippen molar-refractivity contribution in [1.82, 2.24) is 0 Å². The molecule has 0 N–H and O–H groups in total. The van der Waals surface area contributed by atoms with Crippen molar-refractivity contribution in [3.05, 3.63) is 191 Å². The number of anilines is 6. The second-order valence-electron chi connectivity index (χ2n) is 16.7. The first kappa shape index (κ1) is 34.4. The van der Waals surface area contributed by atoms with Gasteiger partial charge in [0, 0.05) is 50.2 Å². The van der Waals surface area contributed by atoms with Gasteiger partial charge in [0.1, 0.15) is 11.5 Å². The van der Waals surface area contributed by atoms with E-state index in [1.165, 1.54) is 89.5 Å². The molecule has 0 atom stereocenters. The molecule has 0 aromatic heterocycles. The highest BCUT2D eigenvalue weighted by molar-refractivity contribution is 6.05. The number of nitrogens with zero attached hydrogens (tertiary/aromatic N) is 2. The number of aryl methyl sites for hydroxylation is 4. The van der Waals surface area contributed by atoms with Crippen LogP contribution in [0.3, 0.4) is 0 Å². The van der Waals surface area contributed by atoms with E-state index in [1.54, 1.807) is 0 Å². The number of para-hydroxylation sites is 4. The van der Waals surface area contributed by atoms with E-state index in [0.29, 0.717) is 0 Å². The fraction of sp³-hybridized carbons (Fsp3) is 0.127. The third-order valence-corrected chi connectivity index (χ3v) is 12.9. The summed E-state index contributed by atoms with van der Waals surface area (Å²) >= 11 is 0. The Morgan fingerprint density at radius 3 is 0.948 bits per heavy atom. The number of ether oxygens (including phenoxy) is 1. The highest BCUT2D eigenvalue weighted by Crippen LogP contribution is 2.57. The molecule has 3 nitrogen and oxygen atoms in total. The summed E-state index contributed by atoms with van der Waals surface area (Å²) in [6.07, 6.45) is 0. The molecule has 3 aliphatic rings. The van der Waals surface area contributed by atoms with Gasteiger partial charge in [-0.2, -0.15) is 0 Å². The molecule has 0 fully saturated rings. The van der Waals surface area contributed by atoms with E-state index in [1.807, 2.05) is 0 Å². The maximum absolute atomic E-state index is 6.88. The van der Waals surface area contributed by atoms with Gasteiger partial charge < -0.3 is 14.5 Å². The average Bonchev–Trinajstić information content (AvgIpc) is 3.45. The van der Waals surface area contributed by atoms with E-state index >= 15 is 0 Å². The molecule has 3 heteroatoms. The van der Waals surface area contributed by atoms with E-state index in [-0.39, 0.29) is 5.41 Å². The van der Waals surface area contributed by atoms with Gasteiger partial charge in [-0.1, -0.05) is 135 Å². The normalized spacial score (nSPS) is 13.9. The first-order valence-electron chi connectivity index (χ1n) is 20.4. The molecule has 280 valence electrons. The Morgan fingerprint density at radius 2 is 0.638 bits per heavy atom. The maximum Gasteiger partial charge on any atom is 0.131 e. The monoisotopic (exact) mass is 748 g/mol. The quantitative estimate of drug-likeness (QED) is 0.175. The van der Waals surface area contributed by atoms with Gasteiger partial charge in [0.15, 0.2) is 0 Å². The SMILES string of the molecule is Cc1cccc2c1N(c1ccc3c(c1)C(C)(C)c1cc(N4c5c(C)cccc5-c5ccccc5-c5cccc(C)c54)ccc1O3)c1c(C)cccc1-c1ccccc1-2. The molecule has 3 aliphatic heterocycles. The van der Waals surface area contributed by atoms with Crippen LogP contribution in [0.4, 0.5) is 34.1 Å². The van der Waals surface area contributed by atoms with Crippen molar-refractivity contribution in [3.8, 4) is 56.0 Å². The molecule has 3 heterocycles. The van der Waals surface area contributed by atoms with Gasteiger partial charge in [-0.15, -0.1) is 0 Å². The molecule has 8 aromatic carbocycles. The minimum atomic E-state index is -0.384. The molecule has 0 spiro atoms. The number of fused-ring (bicyclic) bond motifs is 12. The van der Waals surface area contributed by atoms with Gasteiger partial charge >= 0.3 is 0 Å². The van der Waals surface area contributed by atoms with E-state index < -0.39 is 0 Å². The number of benzene rings is 8. The van der Waals surface area contributed by atoms with Crippen LogP contribution in [-0.2, 0) is 5.41 Å². The Kier molecular flexibility index (Phi) is 7.46. The molecule has 0 aliphatic carbocycles. The zero-order chi connectivity index (χ0) is 39.4. The largest absolute Gasteiger partial charge is 0.457 e.